The highest BCUT2D eigenvalue weighted by Crippen LogP contribution is 2.13. The predicted octanol–water partition coefficient (Wildman–Crippen LogP) is 2.27. The molecule has 0 aromatic carbocycles. The van der Waals surface area contributed by atoms with Crippen molar-refractivity contribution in [1.29, 1.82) is 0 Å². The van der Waals surface area contributed by atoms with Gasteiger partial charge in [-0.05, 0) is 19.3 Å². The minimum Gasteiger partial charge on any atom is -0.376 e. The minimum absolute atomic E-state index is 0.372. The SMILES string of the molecule is CCCCn1ccnc1NCC1CCCO1. The molecule has 4 nitrogen and oxygen atoms in total. The number of imidazole rings is 1. The summed E-state index contributed by atoms with van der Waals surface area (Å²) in [6.07, 6.45) is 9.03. The quantitative estimate of drug-likeness (QED) is 0.804. The van der Waals surface area contributed by atoms with Crippen LogP contribution in [-0.2, 0) is 11.3 Å². The van der Waals surface area contributed by atoms with Crippen LogP contribution in [0.25, 0.3) is 0 Å². The number of aromatic nitrogens is 2. The Morgan fingerprint density at radius 2 is 2.56 bits per heavy atom. The fourth-order valence-corrected chi connectivity index (χ4v) is 2.00. The zero-order valence-electron chi connectivity index (χ0n) is 9.98. The molecule has 1 aromatic heterocycles. The normalized spacial score (nSPS) is 20.2. The van der Waals surface area contributed by atoms with Crippen LogP contribution in [0, 0.1) is 0 Å². The molecule has 1 unspecified atom stereocenters. The molecule has 0 radical (unpaired) electrons. The summed E-state index contributed by atoms with van der Waals surface area (Å²) in [6, 6.07) is 0. The van der Waals surface area contributed by atoms with Crippen LogP contribution in [0.4, 0.5) is 5.95 Å². The Hall–Kier alpha value is -1.03. The number of anilines is 1. The van der Waals surface area contributed by atoms with Crippen LogP contribution in [0.15, 0.2) is 12.4 Å². The average Bonchev–Trinajstić information content (AvgIpc) is 2.94. The fourth-order valence-electron chi connectivity index (χ4n) is 2.00. The second-order valence-electron chi connectivity index (χ2n) is 4.31. The Kier molecular flexibility index (Phi) is 4.22. The first-order chi connectivity index (χ1) is 7.90. The highest BCUT2D eigenvalue weighted by molar-refractivity contribution is 5.25. The van der Waals surface area contributed by atoms with Gasteiger partial charge < -0.3 is 14.6 Å². The van der Waals surface area contributed by atoms with Crippen LogP contribution in [0.2, 0.25) is 0 Å². The lowest BCUT2D eigenvalue weighted by atomic mass is 10.2. The van der Waals surface area contributed by atoms with E-state index in [1.165, 1.54) is 25.7 Å². The third kappa shape index (κ3) is 2.98. The number of hydrogen-bond acceptors (Lipinski definition) is 3. The van der Waals surface area contributed by atoms with Gasteiger partial charge in [0, 0.05) is 32.1 Å². The molecule has 0 spiro atoms. The molecule has 0 amide bonds. The molecule has 16 heavy (non-hydrogen) atoms. The highest BCUT2D eigenvalue weighted by Gasteiger charge is 2.15. The standard InChI is InChI=1S/C12H21N3O/c1-2-3-7-15-8-6-13-12(15)14-10-11-5-4-9-16-11/h6,8,11H,2-5,7,9-10H2,1H3,(H,13,14). The lowest BCUT2D eigenvalue weighted by molar-refractivity contribution is 0.120. The van der Waals surface area contributed by atoms with Crippen molar-refractivity contribution in [2.75, 3.05) is 18.5 Å². The van der Waals surface area contributed by atoms with E-state index in [4.69, 9.17) is 4.74 Å². The first-order valence-corrected chi connectivity index (χ1v) is 6.26. The summed E-state index contributed by atoms with van der Waals surface area (Å²) >= 11 is 0. The van der Waals surface area contributed by atoms with Crippen molar-refractivity contribution >= 4 is 5.95 Å². The van der Waals surface area contributed by atoms with E-state index in [9.17, 15) is 0 Å². The lowest BCUT2D eigenvalue weighted by Gasteiger charge is -2.12. The smallest absolute Gasteiger partial charge is 0.202 e. The van der Waals surface area contributed by atoms with Gasteiger partial charge in [-0.15, -0.1) is 0 Å². The monoisotopic (exact) mass is 223 g/mol. The molecule has 1 N–H and O–H groups in total. The topological polar surface area (TPSA) is 39.1 Å². The van der Waals surface area contributed by atoms with E-state index in [1.54, 1.807) is 0 Å². The Morgan fingerprint density at radius 3 is 3.31 bits per heavy atom. The molecule has 4 heteroatoms. The van der Waals surface area contributed by atoms with Crippen molar-refractivity contribution < 1.29 is 4.74 Å². The molecule has 2 rings (SSSR count). The van der Waals surface area contributed by atoms with Gasteiger partial charge in [0.2, 0.25) is 5.95 Å². The van der Waals surface area contributed by atoms with Crippen molar-refractivity contribution in [3.8, 4) is 0 Å². The number of unbranched alkanes of at least 4 members (excludes halogenated alkanes) is 1. The summed E-state index contributed by atoms with van der Waals surface area (Å²) in [5.41, 5.74) is 0. The fraction of sp³-hybridized carbons (Fsp3) is 0.750. The predicted molar refractivity (Wildman–Crippen MR) is 64.6 cm³/mol. The van der Waals surface area contributed by atoms with E-state index in [0.29, 0.717) is 6.10 Å². The van der Waals surface area contributed by atoms with Gasteiger partial charge in [0.05, 0.1) is 6.10 Å². The molecule has 90 valence electrons. The Labute approximate surface area is 97.0 Å². The number of hydrogen-bond donors (Lipinski definition) is 1. The first kappa shape index (κ1) is 11.5. The second-order valence-corrected chi connectivity index (χ2v) is 4.31. The van der Waals surface area contributed by atoms with Crippen LogP contribution < -0.4 is 5.32 Å². The molecule has 1 aromatic rings. The third-order valence-electron chi connectivity index (χ3n) is 2.98. The zero-order valence-corrected chi connectivity index (χ0v) is 9.98. The number of nitrogens with zero attached hydrogens (tertiary/aromatic N) is 2. The molecule has 0 bridgehead atoms. The molecule has 1 fully saturated rings. The first-order valence-electron chi connectivity index (χ1n) is 6.26. The summed E-state index contributed by atoms with van der Waals surface area (Å²) in [5, 5.41) is 3.37. The molecule has 2 heterocycles. The maximum Gasteiger partial charge on any atom is 0.202 e. The van der Waals surface area contributed by atoms with Crippen molar-refractivity contribution in [3.05, 3.63) is 12.4 Å². The van der Waals surface area contributed by atoms with Crippen molar-refractivity contribution in [1.82, 2.24) is 9.55 Å². The van der Waals surface area contributed by atoms with Gasteiger partial charge >= 0.3 is 0 Å². The van der Waals surface area contributed by atoms with E-state index < -0.39 is 0 Å². The summed E-state index contributed by atoms with van der Waals surface area (Å²) in [7, 11) is 0. The van der Waals surface area contributed by atoms with Gasteiger partial charge in [0.1, 0.15) is 0 Å². The lowest BCUT2D eigenvalue weighted by Crippen LogP contribution is -2.20. The van der Waals surface area contributed by atoms with E-state index in [2.05, 4.69) is 21.8 Å². The van der Waals surface area contributed by atoms with Crippen LogP contribution in [-0.4, -0.2) is 28.8 Å². The van der Waals surface area contributed by atoms with E-state index in [-0.39, 0.29) is 0 Å². The highest BCUT2D eigenvalue weighted by atomic mass is 16.5. The number of rotatable bonds is 6. The summed E-state index contributed by atoms with van der Waals surface area (Å²) < 4.78 is 7.75. The molecular formula is C12H21N3O. The molecule has 1 saturated heterocycles. The Bertz CT molecular complexity index is 305. The molecule has 1 aliphatic rings. The van der Waals surface area contributed by atoms with E-state index in [0.717, 1.165) is 25.6 Å². The zero-order chi connectivity index (χ0) is 11.2. The number of nitrogens with one attached hydrogen (secondary N) is 1. The van der Waals surface area contributed by atoms with Gasteiger partial charge in [-0.3, -0.25) is 0 Å². The summed E-state index contributed by atoms with van der Waals surface area (Å²) in [5.74, 6) is 0.976. The largest absolute Gasteiger partial charge is 0.376 e. The second kappa shape index (κ2) is 5.89. The number of ether oxygens (including phenoxy) is 1. The molecule has 0 aliphatic carbocycles. The average molecular weight is 223 g/mol. The van der Waals surface area contributed by atoms with Crippen molar-refractivity contribution in [2.45, 2.75) is 45.3 Å². The number of aryl methyl sites for hydroxylation is 1. The molecular weight excluding hydrogens is 202 g/mol. The van der Waals surface area contributed by atoms with Crippen molar-refractivity contribution in [3.63, 3.8) is 0 Å². The van der Waals surface area contributed by atoms with E-state index >= 15 is 0 Å². The van der Waals surface area contributed by atoms with Gasteiger partial charge in [-0.25, -0.2) is 4.98 Å². The van der Waals surface area contributed by atoms with Gasteiger partial charge in [-0.1, -0.05) is 13.3 Å². The van der Waals surface area contributed by atoms with Crippen LogP contribution >= 0.6 is 0 Å². The van der Waals surface area contributed by atoms with Gasteiger partial charge in [0.25, 0.3) is 0 Å². The van der Waals surface area contributed by atoms with Gasteiger partial charge in [0.15, 0.2) is 0 Å². The van der Waals surface area contributed by atoms with Crippen LogP contribution in [0.5, 0.6) is 0 Å². The maximum atomic E-state index is 5.57. The Balaban J connectivity index is 1.80. The van der Waals surface area contributed by atoms with E-state index in [1.807, 2.05) is 12.4 Å². The summed E-state index contributed by atoms with van der Waals surface area (Å²) in [4.78, 5) is 4.33. The third-order valence-corrected chi connectivity index (χ3v) is 2.98. The van der Waals surface area contributed by atoms with Crippen molar-refractivity contribution in [2.24, 2.45) is 0 Å². The molecule has 1 aliphatic heterocycles. The molecule has 1 atom stereocenters. The maximum absolute atomic E-state index is 5.57. The minimum atomic E-state index is 0.372. The van der Waals surface area contributed by atoms with Crippen LogP contribution in [0.3, 0.4) is 0 Å². The van der Waals surface area contributed by atoms with Crippen LogP contribution in [0.1, 0.15) is 32.6 Å². The Morgan fingerprint density at radius 1 is 1.62 bits per heavy atom. The molecule has 0 saturated carbocycles. The summed E-state index contributed by atoms with van der Waals surface area (Å²) in [6.45, 7) is 5.04. The van der Waals surface area contributed by atoms with Gasteiger partial charge in [-0.2, -0.15) is 0 Å².